The molecule has 1 fully saturated rings. The lowest BCUT2D eigenvalue weighted by atomic mass is 10.2. The molecule has 23 heavy (non-hydrogen) atoms. The average Bonchev–Trinajstić information content (AvgIpc) is 3.03. The number of likely N-dealkylation sites (tertiary alicyclic amines) is 1. The molecule has 1 aromatic carbocycles. The number of carbonyl (C=O) groups excluding carboxylic acids is 1. The Labute approximate surface area is 142 Å². The van der Waals surface area contributed by atoms with Crippen molar-refractivity contribution >= 4 is 45.6 Å². The summed E-state index contributed by atoms with van der Waals surface area (Å²) < 4.78 is 14.0. The summed E-state index contributed by atoms with van der Waals surface area (Å²) in [5.41, 5.74) is -0.488. The third kappa shape index (κ3) is 4.61. The van der Waals surface area contributed by atoms with Crippen molar-refractivity contribution in [2.45, 2.75) is 25.0 Å². The number of anilines is 1. The molecular formula is C14H16FN3O3S2. The average molecular weight is 357 g/mol. The molecule has 1 aliphatic rings. The topological polar surface area (TPSA) is 75.5 Å². The van der Waals surface area contributed by atoms with Gasteiger partial charge in [-0.05, 0) is 31.9 Å². The van der Waals surface area contributed by atoms with Crippen molar-refractivity contribution in [3.8, 4) is 0 Å². The molecular weight excluding hydrogens is 341 g/mol. The molecule has 1 N–H and O–H groups in total. The number of thioether (sulfide) groups is 1. The molecule has 124 valence electrons. The maximum absolute atomic E-state index is 13.3. The zero-order valence-corrected chi connectivity index (χ0v) is 14.1. The number of rotatable bonds is 4. The van der Waals surface area contributed by atoms with E-state index in [0.717, 1.165) is 38.1 Å². The molecule has 2 rings (SSSR count). The van der Waals surface area contributed by atoms with Gasteiger partial charge in [-0.25, -0.2) is 0 Å². The predicted octanol–water partition coefficient (Wildman–Crippen LogP) is 3.17. The number of nitrogens with zero attached hydrogens (tertiary/aromatic N) is 2. The molecule has 1 atom stereocenters. The van der Waals surface area contributed by atoms with E-state index in [4.69, 9.17) is 12.2 Å². The molecule has 0 unspecified atom stereocenters. The van der Waals surface area contributed by atoms with Crippen molar-refractivity contribution in [3.63, 3.8) is 0 Å². The third-order valence-corrected chi connectivity index (χ3v) is 5.00. The summed E-state index contributed by atoms with van der Waals surface area (Å²) in [7, 11) is 0. The maximum atomic E-state index is 13.3. The molecule has 1 amide bonds. The SMILES string of the molecule is C[C@H](SC(=S)N1CCCC1)C(=O)Nc1ccc(F)c([N+](=O)[O-])c1. The van der Waals surface area contributed by atoms with E-state index in [1.54, 1.807) is 6.92 Å². The van der Waals surface area contributed by atoms with Gasteiger partial charge >= 0.3 is 5.69 Å². The predicted molar refractivity (Wildman–Crippen MR) is 92.1 cm³/mol. The lowest BCUT2D eigenvalue weighted by molar-refractivity contribution is -0.387. The van der Waals surface area contributed by atoms with Gasteiger partial charge in [0.05, 0.1) is 10.2 Å². The van der Waals surface area contributed by atoms with Crippen LogP contribution in [0.3, 0.4) is 0 Å². The maximum Gasteiger partial charge on any atom is 0.306 e. The number of nitro groups is 1. The molecule has 1 aliphatic heterocycles. The molecule has 0 bridgehead atoms. The van der Waals surface area contributed by atoms with Crippen LogP contribution in [0.25, 0.3) is 0 Å². The van der Waals surface area contributed by atoms with Crippen molar-refractivity contribution in [2.75, 3.05) is 18.4 Å². The minimum atomic E-state index is -0.939. The Balaban J connectivity index is 1.96. The van der Waals surface area contributed by atoms with E-state index in [0.29, 0.717) is 4.32 Å². The normalized spacial score (nSPS) is 15.3. The van der Waals surface area contributed by atoms with Crippen LogP contribution in [0, 0.1) is 15.9 Å². The van der Waals surface area contributed by atoms with Crippen molar-refractivity contribution in [1.29, 1.82) is 0 Å². The lowest BCUT2D eigenvalue weighted by Gasteiger charge is -2.20. The Morgan fingerprint density at radius 2 is 2.13 bits per heavy atom. The summed E-state index contributed by atoms with van der Waals surface area (Å²) in [4.78, 5) is 24.1. The van der Waals surface area contributed by atoms with Gasteiger partial charge in [0.1, 0.15) is 4.32 Å². The molecule has 1 heterocycles. The van der Waals surface area contributed by atoms with Gasteiger partial charge < -0.3 is 10.2 Å². The van der Waals surface area contributed by atoms with Gasteiger partial charge in [-0.1, -0.05) is 24.0 Å². The Kier molecular flexibility index (Phi) is 5.89. The number of thiocarbonyl (C=S) groups is 1. The van der Waals surface area contributed by atoms with Crippen molar-refractivity contribution < 1.29 is 14.1 Å². The van der Waals surface area contributed by atoms with Crippen LogP contribution in [0.2, 0.25) is 0 Å². The Morgan fingerprint density at radius 3 is 2.74 bits per heavy atom. The highest BCUT2D eigenvalue weighted by Crippen LogP contribution is 2.24. The van der Waals surface area contributed by atoms with Gasteiger partial charge in [0.2, 0.25) is 11.7 Å². The van der Waals surface area contributed by atoms with E-state index in [1.807, 2.05) is 0 Å². The zero-order chi connectivity index (χ0) is 17.0. The van der Waals surface area contributed by atoms with Crippen LogP contribution >= 0.6 is 24.0 Å². The number of hydrogen-bond donors (Lipinski definition) is 1. The molecule has 0 spiro atoms. The minimum absolute atomic E-state index is 0.183. The molecule has 0 radical (unpaired) electrons. The van der Waals surface area contributed by atoms with E-state index in [2.05, 4.69) is 10.2 Å². The van der Waals surface area contributed by atoms with Gasteiger partial charge in [0, 0.05) is 24.8 Å². The largest absolute Gasteiger partial charge is 0.358 e. The summed E-state index contributed by atoms with van der Waals surface area (Å²) in [6, 6.07) is 3.25. The summed E-state index contributed by atoms with van der Waals surface area (Å²) in [5, 5.41) is 12.8. The fraction of sp³-hybridized carbons (Fsp3) is 0.429. The van der Waals surface area contributed by atoms with Crippen LogP contribution < -0.4 is 5.32 Å². The van der Waals surface area contributed by atoms with Crippen LogP contribution in [-0.4, -0.2) is 38.4 Å². The standard InChI is InChI=1S/C14H16FN3O3S2/c1-9(23-14(22)17-6-2-3-7-17)13(19)16-10-4-5-11(15)12(8-10)18(20)21/h4-5,8-9H,2-3,6-7H2,1H3,(H,16,19)/t9-/m0/s1. The first-order valence-electron chi connectivity index (χ1n) is 7.09. The highest BCUT2D eigenvalue weighted by molar-refractivity contribution is 8.23. The van der Waals surface area contributed by atoms with Crippen LogP contribution in [0.5, 0.6) is 0 Å². The molecule has 9 heteroatoms. The molecule has 6 nitrogen and oxygen atoms in total. The molecule has 0 aromatic heterocycles. The van der Waals surface area contributed by atoms with Gasteiger partial charge in [-0.15, -0.1) is 0 Å². The van der Waals surface area contributed by atoms with Gasteiger partial charge in [-0.2, -0.15) is 4.39 Å². The number of halogens is 1. The second-order valence-corrected chi connectivity index (χ2v) is 7.11. The number of hydrogen-bond acceptors (Lipinski definition) is 5. The molecule has 1 aromatic rings. The number of nitrogens with one attached hydrogen (secondary N) is 1. The first-order valence-corrected chi connectivity index (χ1v) is 8.37. The van der Waals surface area contributed by atoms with Crippen molar-refractivity contribution in [2.24, 2.45) is 0 Å². The minimum Gasteiger partial charge on any atom is -0.358 e. The smallest absolute Gasteiger partial charge is 0.306 e. The fourth-order valence-electron chi connectivity index (χ4n) is 2.15. The van der Waals surface area contributed by atoms with Crippen molar-refractivity contribution in [3.05, 3.63) is 34.1 Å². The highest BCUT2D eigenvalue weighted by atomic mass is 32.2. The van der Waals surface area contributed by atoms with E-state index < -0.39 is 21.7 Å². The lowest BCUT2D eigenvalue weighted by Crippen LogP contribution is -2.29. The highest BCUT2D eigenvalue weighted by Gasteiger charge is 2.22. The number of nitro benzene ring substituents is 1. The summed E-state index contributed by atoms with van der Waals surface area (Å²) in [6.07, 6.45) is 2.20. The Hall–Kier alpha value is -1.74. The molecule has 0 saturated carbocycles. The fourth-order valence-corrected chi connectivity index (χ4v) is 3.57. The summed E-state index contributed by atoms with van der Waals surface area (Å²) in [5.74, 6) is -1.27. The first kappa shape index (κ1) is 17.6. The van der Waals surface area contributed by atoms with E-state index in [9.17, 15) is 19.3 Å². The second-order valence-electron chi connectivity index (χ2n) is 5.13. The van der Waals surface area contributed by atoms with E-state index >= 15 is 0 Å². The number of benzene rings is 1. The van der Waals surface area contributed by atoms with Gasteiger partial charge in [0.25, 0.3) is 0 Å². The Bertz CT molecular complexity index is 636. The molecule has 1 saturated heterocycles. The van der Waals surface area contributed by atoms with Crippen LogP contribution in [0.1, 0.15) is 19.8 Å². The van der Waals surface area contributed by atoms with Crippen LogP contribution in [0.4, 0.5) is 15.8 Å². The third-order valence-electron chi connectivity index (χ3n) is 3.42. The Morgan fingerprint density at radius 1 is 1.48 bits per heavy atom. The number of amides is 1. The van der Waals surface area contributed by atoms with Crippen LogP contribution in [-0.2, 0) is 4.79 Å². The monoisotopic (exact) mass is 357 g/mol. The van der Waals surface area contributed by atoms with E-state index in [1.165, 1.54) is 17.8 Å². The van der Waals surface area contributed by atoms with E-state index in [-0.39, 0.29) is 11.6 Å². The van der Waals surface area contributed by atoms with Gasteiger partial charge in [0.15, 0.2) is 0 Å². The van der Waals surface area contributed by atoms with Gasteiger partial charge in [-0.3, -0.25) is 14.9 Å². The zero-order valence-electron chi connectivity index (χ0n) is 12.5. The van der Waals surface area contributed by atoms with Crippen LogP contribution in [0.15, 0.2) is 18.2 Å². The van der Waals surface area contributed by atoms with Crippen molar-refractivity contribution in [1.82, 2.24) is 4.90 Å². The quantitative estimate of drug-likeness (QED) is 0.507. The number of carbonyl (C=O) groups is 1. The molecule has 0 aliphatic carbocycles. The summed E-state index contributed by atoms with van der Waals surface area (Å²) in [6.45, 7) is 3.52. The summed E-state index contributed by atoms with van der Waals surface area (Å²) >= 11 is 6.59. The first-order chi connectivity index (χ1) is 10.9. The second kappa shape index (κ2) is 7.69.